The predicted molar refractivity (Wildman–Crippen MR) is 50.9 cm³/mol. The minimum absolute atomic E-state index is 0.147. The first-order valence-corrected chi connectivity index (χ1v) is 5.17. The fraction of sp³-hybridized carbons (Fsp3) is 0.900. The second-order valence-electron chi connectivity index (χ2n) is 4.84. The zero-order chi connectivity index (χ0) is 9.85. The van der Waals surface area contributed by atoms with Gasteiger partial charge in [0.05, 0.1) is 11.0 Å². The lowest BCUT2D eigenvalue weighted by molar-refractivity contribution is -0.218. The van der Waals surface area contributed by atoms with E-state index in [9.17, 15) is 4.79 Å². The molecule has 3 aliphatic rings. The number of Topliss-reactive ketones (excluding diaryl/α,β-unsaturated/α-hetero) is 1. The van der Waals surface area contributed by atoms with Crippen molar-refractivity contribution in [3.05, 3.63) is 0 Å². The van der Waals surface area contributed by atoms with E-state index in [1.165, 1.54) is 0 Å². The van der Waals surface area contributed by atoms with E-state index in [1.807, 2.05) is 20.8 Å². The number of ketones is 1. The molecule has 2 aliphatic heterocycles. The largest absolute Gasteiger partial charge is 0.360 e. The number of hydrogen-bond acceptors (Lipinski definition) is 2. The number of alkyl halides is 1. The Kier molecular flexibility index (Phi) is 1.81. The summed E-state index contributed by atoms with van der Waals surface area (Å²) in [7, 11) is 0. The van der Waals surface area contributed by atoms with Gasteiger partial charge in [0.1, 0.15) is 5.60 Å². The number of carbonyl (C=O) groups excluding carboxylic acids is 1. The molecule has 0 aromatic heterocycles. The molecule has 0 radical (unpaired) electrons. The van der Waals surface area contributed by atoms with Crippen LogP contribution >= 0.6 is 11.6 Å². The van der Waals surface area contributed by atoms with E-state index in [0.717, 1.165) is 6.42 Å². The number of ether oxygens (including phenoxy) is 1. The van der Waals surface area contributed by atoms with Gasteiger partial charge in [-0.2, -0.15) is 0 Å². The Balaban J connectivity index is 2.37. The monoisotopic (exact) mass is 202 g/mol. The molecule has 1 saturated carbocycles. The lowest BCUT2D eigenvalue weighted by Gasteiger charge is -2.54. The fourth-order valence-electron chi connectivity index (χ4n) is 2.44. The maximum atomic E-state index is 11.7. The molecule has 0 aromatic rings. The molecule has 13 heavy (non-hydrogen) atoms. The van der Waals surface area contributed by atoms with E-state index >= 15 is 0 Å². The average molecular weight is 203 g/mol. The summed E-state index contributed by atoms with van der Waals surface area (Å²) in [5.41, 5.74) is -0.923. The van der Waals surface area contributed by atoms with Gasteiger partial charge in [0.2, 0.25) is 0 Å². The molecule has 2 bridgehead atoms. The molecule has 2 saturated heterocycles. The van der Waals surface area contributed by atoms with Crippen molar-refractivity contribution in [1.82, 2.24) is 0 Å². The van der Waals surface area contributed by atoms with Crippen LogP contribution in [-0.2, 0) is 9.53 Å². The number of fused-ring (bicyclic) bond motifs is 3. The van der Waals surface area contributed by atoms with Crippen molar-refractivity contribution >= 4 is 17.4 Å². The highest BCUT2D eigenvalue weighted by molar-refractivity contribution is 6.24. The highest BCUT2D eigenvalue weighted by atomic mass is 35.5. The van der Waals surface area contributed by atoms with Crippen LogP contribution in [0, 0.1) is 5.92 Å². The van der Waals surface area contributed by atoms with Crippen LogP contribution in [0.15, 0.2) is 0 Å². The zero-order valence-electron chi connectivity index (χ0n) is 8.26. The molecule has 0 aromatic carbocycles. The highest BCUT2D eigenvalue weighted by Crippen LogP contribution is 2.49. The van der Waals surface area contributed by atoms with Gasteiger partial charge in [0, 0.05) is 6.42 Å². The molecule has 3 heteroatoms. The summed E-state index contributed by atoms with van der Waals surface area (Å²) in [6, 6.07) is 0. The Bertz CT molecular complexity index is 262. The minimum atomic E-state index is -0.736. The van der Waals surface area contributed by atoms with Crippen molar-refractivity contribution in [3.8, 4) is 0 Å². The first-order valence-electron chi connectivity index (χ1n) is 4.74. The maximum absolute atomic E-state index is 11.7. The molecule has 0 spiro atoms. The van der Waals surface area contributed by atoms with Crippen molar-refractivity contribution in [3.63, 3.8) is 0 Å². The van der Waals surface area contributed by atoms with Gasteiger partial charge in [-0.15, -0.1) is 11.6 Å². The molecule has 0 amide bonds. The standard InChI is InChI=1S/C10H15ClO2/c1-9(2)6-4-7(11)10(3,13-9)8(12)5-6/h6-7H,4-5H2,1-3H3/t6-,7?,10+/m1/s1. The number of halogens is 1. The van der Waals surface area contributed by atoms with Gasteiger partial charge in [0.25, 0.3) is 0 Å². The molecule has 1 aliphatic carbocycles. The van der Waals surface area contributed by atoms with Gasteiger partial charge in [-0.25, -0.2) is 0 Å². The Hall–Kier alpha value is -0.0800. The third-order valence-corrected chi connectivity index (χ3v) is 4.13. The maximum Gasteiger partial charge on any atom is 0.166 e. The molecular formula is C10H15ClO2. The van der Waals surface area contributed by atoms with E-state index in [1.54, 1.807) is 0 Å². The van der Waals surface area contributed by atoms with E-state index in [-0.39, 0.29) is 16.8 Å². The Labute approximate surface area is 83.6 Å². The molecule has 2 nitrogen and oxygen atoms in total. The molecule has 1 unspecified atom stereocenters. The van der Waals surface area contributed by atoms with E-state index in [2.05, 4.69) is 0 Å². The summed E-state index contributed by atoms with van der Waals surface area (Å²) >= 11 is 6.13. The summed E-state index contributed by atoms with van der Waals surface area (Å²) in [4.78, 5) is 11.7. The van der Waals surface area contributed by atoms with Gasteiger partial charge in [-0.05, 0) is 33.1 Å². The lowest BCUT2D eigenvalue weighted by atomic mass is 9.68. The summed E-state index contributed by atoms with van der Waals surface area (Å²) in [6.45, 7) is 5.92. The Morgan fingerprint density at radius 3 is 2.54 bits per heavy atom. The normalized spacial score (nSPS) is 48.2. The van der Waals surface area contributed by atoms with Crippen LogP contribution in [0.3, 0.4) is 0 Å². The third-order valence-electron chi connectivity index (χ3n) is 3.53. The molecule has 3 atom stereocenters. The van der Waals surface area contributed by atoms with Crippen LogP contribution in [0.1, 0.15) is 33.6 Å². The quantitative estimate of drug-likeness (QED) is 0.563. The highest BCUT2D eigenvalue weighted by Gasteiger charge is 2.58. The van der Waals surface area contributed by atoms with Gasteiger partial charge >= 0.3 is 0 Å². The predicted octanol–water partition coefficient (Wildman–Crippen LogP) is 2.14. The van der Waals surface area contributed by atoms with E-state index in [0.29, 0.717) is 12.3 Å². The van der Waals surface area contributed by atoms with Gasteiger partial charge in [-0.3, -0.25) is 4.79 Å². The van der Waals surface area contributed by atoms with Crippen molar-refractivity contribution in [2.45, 2.75) is 50.2 Å². The van der Waals surface area contributed by atoms with Crippen LogP contribution in [-0.4, -0.2) is 22.4 Å². The topological polar surface area (TPSA) is 26.3 Å². The minimum Gasteiger partial charge on any atom is -0.360 e. The van der Waals surface area contributed by atoms with Gasteiger partial charge < -0.3 is 4.74 Å². The first-order chi connectivity index (χ1) is 5.86. The SMILES string of the molecule is CC1(C)O[C@]2(C)C(=O)C[C@H]1CC2Cl. The van der Waals surface area contributed by atoms with Crippen molar-refractivity contribution < 1.29 is 9.53 Å². The van der Waals surface area contributed by atoms with Crippen LogP contribution in [0.2, 0.25) is 0 Å². The van der Waals surface area contributed by atoms with E-state index in [4.69, 9.17) is 16.3 Å². The Morgan fingerprint density at radius 1 is 1.46 bits per heavy atom. The number of hydrogen-bond donors (Lipinski definition) is 0. The van der Waals surface area contributed by atoms with Crippen LogP contribution < -0.4 is 0 Å². The summed E-state index contributed by atoms with van der Waals surface area (Å²) < 4.78 is 5.80. The molecular weight excluding hydrogens is 188 g/mol. The van der Waals surface area contributed by atoms with Gasteiger partial charge in [0.15, 0.2) is 5.78 Å². The van der Waals surface area contributed by atoms with Crippen molar-refractivity contribution in [2.24, 2.45) is 5.92 Å². The second kappa shape index (κ2) is 2.48. The van der Waals surface area contributed by atoms with Crippen LogP contribution in [0.5, 0.6) is 0 Å². The van der Waals surface area contributed by atoms with Crippen LogP contribution in [0.4, 0.5) is 0 Å². The molecule has 3 fully saturated rings. The van der Waals surface area contributed by atoms with Gasteiger partial charge in [-0.1, -0.05) is 0 Å². The first kappa shape index (κ1) is 9.47. The van der Waals surface area contributed by atoms with Crippen LogP contribution in [0.25, 0.3) is 0 Å². The number of rotatable bonds is 0. The second-order valence-corrected chi connectivity index (χ2v) is 5.37. The average Bonchev–Trinajstić information content (AvgIpc) is 1.96. The van der Waals surface area contributed by atoms with Crippen molar-refractivity contribution in [2.75, 3.05) is 0 Å². The van der Waals surface area contributed by atoms with Crippen molar-refractivity contribution in [1.29, 1.82) is 0 Å². The number of carbonyl (C=O) groups is 1. The molecule has 2 heterocycles. The summed E-state index contributed by atoms with van der Waals surface area (Å²) in [5, 5.41) is -0.147. The molecule has 3 rings (SSSR count). The Morgan fingerprint density at radius 2 is 2.08 bits per heavy atom. The van der Waals surface area contributed by atoms with E-state index < -0.39 is 5.60 Å². The third kappa shape index (κ3) is 1.15. The molecule has 0 N–H and O–H groups in total. The summed E-state index contributed by atoms with van der Waals surface area (Å²) in [5.74, 6) is 0.465. The zero-order valence-corrected chi connectivity index (χ0v) is 9.02. The lowest BCUT2D eigenvalue weighted by Crippen LogP contribution is -2.64. The smallest absolute Gasteiger partial charge is 0.166 e. The fourth-order valence-corrected chi connectivity index (χ4v) is 2.82. The molecule has 74 valence electrons. The summed E-state index contributed by atoms with van der Waals surface area (Å²) in [6.07, 6.45) is 1.53.